The minimum Gasteiger partial charge on any atom is -0.369 e. The van der Waals surface area contributed by atoms with E-state index >= 15 is 0 Å². The first-order valence-electron chi connectivity index (χ1n) is 14.6. The number of piperazine rings is 1. The predicted molar refractivity (Wildman–Crippen MR) is 104 cm³/mol. The molecular formula is C19H22ClN5O. The Bertz CT molecular complexity index is 1540. The van der Waals surface area contributed by atoms with Gasteiger partial charge in [0.25, 0.3) is 0 Å². The summed E-state index contributed by atoms with van der Waals surface area (Å²) >= 11 is 5.96. The largest absolute Gasteiger partial charge is 0.369 e. The lowest BCUT2D eigenvalue weighted by molar-refractivity contribution is 0.248. The monoisotopic (exact) mass is 385 g/mol. The number of hydrogen-bond acceptors (Lipinski definition) is 4. The summed E-state index contributed by atoms with van der Waals surface area (Å²) in [6.45, 7) is -8.23. The zero-order valence-electron chi connectivity index (χ0n) is 27.4. The van der Waals surface area contributed by atoms with E-state index in [0.29, 0.717) is 14.0 Å². The van der Waals surface area contributed by atoms with Gasteiger partial charge in [0.05, 0.1) is 11.0 Å². The van der Waals surface area contributed by atoms with Gasteiger partial charge in [-0.15, -0.1) is 5.10 Å². The van der Waals surface area contributed by atoms with Crippen molar-refractivity contribution in [2.24, 2.45) is 0 Å². The molecular weight excluding hydrogens is 350 g/mol. The molecule has 1 saturated heterocycles. The van der Waals surface area contributed by atoms with Gasteiger partial charge in [-0.1, -0.05) is 23.7 Å². The van der Waals surface area contributed by atoms with Crippen LogP contribution in [0, 0.1) is 0 Å². The summed E-state index contributed by atoms with van der Waals surface area (Å²) in [6.07, 6.45) is -3.22. The van der Waals surface area contributed by atoms with Crippen LogP contribution in [0.1, 0.15) is 25.6 Å². The van der Waals surface area contributed by atoms with Crippen LogP contribution < -0.4 is 10.6 Å². The maximum Gasteiger partial charge on any atom is 0.350 e. The Labute approximate surface area is 176 Å². The maximum absolute atomic E-state index is 12.8. The van der Waals surface area contributed by atoms with Crippen LogP contribution in [0.4, 0.5) is 5.69 Å². The molecule has 0 saturated carbocycles. The van der Waals surface area contributed by atoms with Crippen molar-refractivity contribution in [3.8, 4) is 0 Å². The molecule has 1 fully saturated rings. The van der Waals surface area contributed by atoms with Crippen LogP contribution >= 0.6 is 11.6 Å². The fraction of sp³-hybridized carbons (Fsp3) is 0.368. The van der Waals surface area contributed by atoms with Crippen molar-refractivity contribution in [1.82, 2.24) is 19.1 Å². The first-order chi connectivity index (χ1) is 18.2. The molecule has 0 aliphatic carbocycles. The number of anilines is 1. The van der Waals surface area contributed by atoms with E-state index in [0.717, 1.165) is 4.90 Å². The van der Waals surface area contributed by atoms with Gasteiger partial charge >= 0.3 is 5.69 Å². The van der Waals surface area contributed by atoms with E-state index < -0.39 is 110 Å². The average molecular weight is 386 g/mol. The third-order valence-electron chi connectivity index (χ3n) is 3.58. The van der Waals surface area contributed by atoms with Crippen molar-refractivity contribution in [1.29, 1.82) is 0 Å². The first kappa shape index (κ1) is 7.37. The smallest absolute Gasteiger partial charge is 0.350 e. The van der Waals surface area contributed by atoms with E-state index in [-0.39, 0.29) is 5.69 Å². The van der Waals surface area contributed by atoms with Crippen LogP contribution in [0.5, 0.6) is 0 Å². The number of hydrogen-bond donors (Lipinski definition) is 0. The standard InChI is InChI=1S/C19H22ClN5O/c20-16-5-3-6-17(15-16)23-13-11-22(12-14-23)8-4-10-25-19(26)24-9-2-1-7-18(24)21-25/h1-3,5-7,9,15H,4,8,10-14H2/i1D,2D,3D,4D2,5D,6D,7D,9D,11D2,12D2,15D. The van der Waals surface area contributed by atoms with Crippen molar-refractivity contribution in [2.75, 3.05) is 37.5 Å². The lowest BCUT2D eigenvalue weighted by atomic mass is 10.2. The van der Waals surface area contributed by atoms with E-state index in [4.69, 9.17) is 30.8 Å². The average Bonchev–Trinajstić information content (AvgIpc) is 3.16. The molecule has 1 aromatic carbocycles. The number of fused-ring (bicyclic) bond motifs is 1. The SMILES string of the molecule is [2H]c1c([2H])c(Cl)c([2H])c(N2CC([2H])([2H])N(CC([2H])([2H])Cn3nc4c([2H])c([2H])c([2H])c([2H])n4c3=O)C([2H])([2H])C2)c1[2H]. The summed E-state index contributed by atoms with van der Waals surface area (Å²) < 4.78 is 116. The van der Waals surface area contributed by atoms with Gasteiger partial charge in [-0.05, 0) is 36.6 Å². The Balaban J connectivity index is 1.66. The molecule has 3 heterocycles. The van der Waals surface area contributed by atoms with E-state index in [1.54, 1.807) is 0 Å². The molecule has 1 aliphatic rings. The second-order valence-corrected chi connectivity index (χ2v) is 5.64. The first-order valence-corrected chi connectivity index (χ1v) is 7.94. The lowest BCUT2D eigenvalue weighted by Crippen LogP contribution is -2.46. The fourth-order valence-electron chi connectivity index (χ4n) is 2.32. The van der Waals surface area contributed by atoms with Gasteiger partial charge in [-0.2, -0.15) is 0 Å². The van der Waals surface area contributed by atoms with Crippen LogP contribution in [0.2, 0.25) is 5.02 Å². The van der Waals surface area contributed by atoms with Crippen LogP contribution in [0.25, 0.3) is 5.65 Å². The molecule has 0 atom stereocenters. The highest BCUT2D eigenvalue weighted by Crippen LogP contribution is 2.20. The molecule has 3 aromatic rings. The minimum absolute atomic E-state index is 0.336. The number of rotatable bonds is 5. The Morgan fingerprint density at radius 2 is 2.04 bits per heavy atom. The zero-order chi connectivity index (χ0) is 30.3. The zero-order valence-corrected chi connectivity index (χ0v) is 14.1. The Morgan fingerprint density at radius 3 is 2.88 bits per heavy atom. The van der Waals surface area contributed by atoms with Gasteiger partial charge < -0.3 is 4.90 Å². The summed E-state index contributed by atoms with van der Waals surface area (Å²) in [5, 5.41) is 3.39. The Kier molecular flexibility index (Phi) is 2.13. The number of nitrogens with zero attached hydrogens (tertiary/aromatic N) is 5. The Morgan fingerprint density at radius 1 is 1.19 bits per heavy atom. The molecule has 26 heavy (non-hydrogen) atoms. The fourth-order valence-corrected chi connectivity index (χ4v) is 2.46. The summed E-state index contributed by atoms with van der Waals surface area (Å²) in [5.41, 5.74) is -1.83. The highest BCUT2D eigenvalue weighted by molar-refractivity contribution is 6.30. The summed E-state index contributed by atoms with van der Waals surface area (Å²) in [6, 6.07) is -4.26. The number of halogens is 1. The van der Waals surface area contributed by atoms with Crippen LogP contribution in [-0.2, 0) is 6.54 Å². The van der Waals surface area contributed by atoms with Gasteiger partial charge in [-0.3, -0.25) is 9.30 Å². The predicted octanol–water partition coefficient (Wildman–Crippen LogP) is 2.36. The molecule has 6 nitrogen and oxygen atoms in total. The normalized spacial score (nSPS) is 27.8. The van der Waals surface area contributed by atoms with E-state index in [1.807, 2.05) is 0 Å². The second-order valence-electron chi connectivity index (χ2n) is 5.26. The van der Waals surface area contributed by atoms with Crippen molar-refractivity contribution in [3.63, 3.8) is 0 Å². The highest BCUT2D eigenvalue weighted by atomic mass is 35.5. The third-order valence-corrected chi connectivity index (χ3v) is 3.77. The topological polar surface area (TPSA) is 45.8 Å². The molecule has 0 unspecified atom stereocenters. The number of benzene rings is 1. The molecule has 2 aromatic heterocycles. The molecule has 1 aliphatic heterocycles. The highest BCUT2D eigenvalue weighted by Gasteiger charge is 2.17. The van der Waals surface area contributed by atoms with Gasteiger partial charge in [0, 0.05) is 64.3 Å². The minimum atomic E-state index is -2.60. The van der Waals surface area contributed by atoms with Crippen molar-refractivity contribution < 1.29 is 19.2 Å². The molecule has 0 amide bonds. The Hall–Kier alpha value is -2.31. The van der Waals surface area contributed by atoms with Crippen LogP contribution in [-0.4, -0.2) is 51.7 Å². The molecule has 136 valence electrons. The third kappa shape index (κ3) is 3.61. The van der Waals surface area contributed by atoms with Gasteiger partial charge in [0.15, 0.2) is 5.65 Å². The molecule has 0 N–H and O–H groups in total. The number of aryl methyl sites for hydroxylation is 1. The van der Waals surface area contributed by atoms with Crippen molar-refractivity contribution in [2.45, 2.75) is 12.9 Å². The van der Waals surface area contributed by atoms with E-state index in [1.165, 1.54) is 0 Å². The van der Waals surface area contributed by atoms with Crippen LogP contribution in [0.3, 0.4) is 0 Å². The summed E-state index contributed by atoms with van der Waals surface area (Å²) in [7, 11) is 0. The molecule has 4 rings (SSSR count). The van der Waals surface area contributed by atoms with Crippen LogP contribution in [0.15, 0.2) is 53.3 Å². The maximum atomic E-state index is 12.8. The van der Waals surface area contributed by atoms with E-state index in [9.17, 15) is 4.79 Å². The molecule has 0 radical (unpaired) electrons. The van der Waals surface area contributed by atoms with Crippen molar-refractivity contribution in [3.05, 3.63) is 64.0 Å². The number of pyridine rings is 1. The molecule has 7 heteroatoms. The van der Waals surface area contributed by atoms with Gasteiger partial charge in [0.2, 0.25) is 0 Å². The molecule has 0 bridgehead atoms. The van der Waals surface area contributed by atoms with Gasteiger partial charge in [0.1, 0.15) is 0 Å². The molecule has 0 spiro atoms. The van der Waals surface area contributed by atoms with E-state index in [2.05, 4.69) is 5.10 Å². The lowest BCUT2D eigenvalue weighted by Gasteiger charge is -2.36. The summed E-state index contributed by atoms with van der Waals surface area (Å²) in [4.78, 5) is 14.5. The number of aromatic nitrogens is 3. The van der Waals surface area contributed by atoms with Crippen molar-refractivity contribution >= 4 is 22.9 Å². The van der Waals surface area contributed by atoms with Gasteiger partial charge in [-0.25, -0.2) is 9.48 Å². The second kappa shape index (κ2) is 7.51. The summed E-state index contributed by atoms with van der Waals surface area (Å²) in [5.74, 6) is 0. The quantitative estimate of drug-likeness (QED) is 0.676.